The Morgan fingerprint density at radius 2 is 1.89 bits per heavy atom. The van der Waals surface area contributed by atoms with Crippen molar-refractivity contribution in [3.8, 4) is 0 Å². The van der Waals surface area contributed by atoms with E-state index in [4.69, 9.17) is 5.11 Å². The van der Waals surface area contributed by atoms with Crippen molar-refractivity contribution in [1.29, 1.82) is 0 Å². The molecular formula is C11H10O6S. The summed E-state index contributed by atoms with van der Waals surface area (Å²) in [6.45, 7) is 0. The van der Waals surface area contributed by atoms with Gasteiger partial charge < -0.3 is 9.84 Å². The predicted octanol–water partition coefficient (Wildman–Crippen LogP) is 0.578. The van der Waals surface area contributed by atoms with Gasteiger partial charge in [0.1, 0.15) is 0 Å². The van der Waals surface area contributed by atoms with Crippen LogP contribution in [-0.4, -0.2) is 30.4 Å². The average molecular weight is 270 g/mol. The van der Waals surface area contributed by atoms with Gasteiger partial charge in [0.15, 0.2) is 0 Å². The highest BCUT2D eigenvalue weighted by atomic mass is 32.2. The zero-order valence-electron chi connectivity index (χ0n) is 9.20. The molecular weight excluding hydrogens is 260 g/mol. The molecule has 96 valence electrons. The molecule has 0 radical (unpaired) electrons. The molecule has 1 unspecified atom stereocenters. The van der Waals surface area contributed by atoms with Crippen LogP contribution in [0.2, 0.25) is 0 Å². The molecule has 1 N–H and O–H groups in total. The number of carboxylic acid groups (broad SMARTS) is 1. The molecule has 1 atom stereocenters. The minimum atomic E-state index is -4.28. The molecule has 0 spiro atoms. The molecule has 1 aromatic carbocycles. The molecule has 0 amide bonds. The SMILES string of the molecule is O=C1CCC(C(=O)O)(S(=O)(=O)c2ccccc2)O1. The number of esters is 1. The summed E-state index contributed by atoms with van der Waals surface area (Å²) in [6.07, 6.45) is -0.600. The third kappa shape index (κ3) is 1.67. The Hall–Kier alpha value is -1.89. The van der Waals surface area contributed by atoms with Crippen LogP contribution in [0.1, 0.15) is 12.8 Å². The molecule has 0 bridgehead atoms. The molecule has 1 heterocycles. The van der Waals surface area contributed by atoms with Crippen LogP contribution in [0.15, 0.2) is 35.2 Å². The minimum Gasteiger partial charge on any atom is -0.477 e. The Morgan fingerprint density at radius 3 is 2.33 bits per heavy atom. The molecule has 1 aromatic rings. The van der Waals surface area contributed by atoms with Gasteiger partial charge >= 0.3 is 16.9 Å². The highest BCUT2D eigenvalue weighted by molar-refractivity contribution is 7.93. The zero-order valence-corrected chi connectivity index (χ0v) is 10.0. The topological polar surface area (TPSA) is 97.7 Å². The number of ether oxygens (including phenoxy) is 1. The van der Waals surface area contributed by atoms with Gasteiger partial charge in [-0.2, -0.15) is 0 Å². The monoisotopic (exact) mass is 270 g/mol. The van der Waals surface area contributed by atoms with Crippen LogP contribution in [0.4, 0.5) is 0 Å². The zero-order chi connectivity index (χ0) is 13.4. The van der Waals surface area contributed by atoms with E-state index in [1.807, 2.05) is 0 Å². The first-order valence-corrected chi connectivity index (χ1v) is 6.63. The average Bonchev–Trinajstić information content (AvgIpc) is 2.74. The van der Waals surface area contributed by atoms with Crippen molar-refractivity contribution in [2.45, 2.75) is 22.7 Å². The van der Waals surface area contributed by atoms with Crippen LogP contribution >= 0.6 is 0 Å². The van der Waals surface area contributed by atoms with E-state index < -0.39 is 26.7 Å². The fourth-order valence-electron chi connectivity index (χ4n) is 1.80. The van der Waals surface area contributed by atoms with E-state index in [1.54, 1.807) is 6.07 Å². The minimum absolute atomic E-state index is 0.179. The maximum Gasteiger partial charge on any atom is 0.364 e. The lowest BCUT2D eigenvalue weighted by Gasteiger charge is -2.22. The number of carbonyl (C=O) groups excluding carboxylic acids is 1. The highest BCUT2D eigenvalue weighted by Crippen LogP contribution is 2.36. The summed E-state index contributed by atoms with van der Waals surface area (Å²) < 4.78 is 29.2. The Kier molecular flexibility index (Phi) is 2.86. The van der Waals surface area contributed by atoms with E-state index in [2.05, 4.69) is 4.74 Å². The third-order valence-corrected chi connectivity index (χ3v) is 4.97. The second-order valence-electron chi connectivity index (χ2n) is 3.85. The van der Waals surface area contributed by atoms with Gasteiger partial charge in [-0.05, 0) is 12.1 Å². The molecule has 7 heteroatoms. The van der Waals surface area contributed by atoms with Gasteiger partial charge in [-0.3, -0.25) is 4.79 Å². The quantitative estimate of drug-likeness (QED) is 0.807. The number of hydrogen-bond donors (Lipinski definition) is 1. The Morgan fingerprint density at radius 1 is 1.28 bits per heavy atom. The van der Waals surface area contributed by atoms with Gasteiger partial charge in [0.05, 0.1) is 11.3 Å². The summed E-state index contributed by atoms with van der Waals surface area (Å²) in [5.41, 5.74) is 0. The summed E-state index contributed by atoms with van der Waals surface area (Å²) in [6, 6.07) is 7.09. The van der Waals surface area contributed by atoms with Gasteiger partial charge in [0, 0.05) is 6.42 Å². The third-order valence-electron chi connectivity index (χ3n) is 2.75. The molecule has 1 saturated heterocycles. The van der Waals surface area contributed by atoms with Crippen molar-refractivity contribution < 1.29 is 27.9 Å². The fraction of sp³-hybridized carbons (Fsp3) is 0.273. The van der Waals surface area contributed by atoms with Crippen LogP contribution in [0, 0.1) is 0 Å². The number of cyclic esters (lactones) is 1. The van der Waals surface area contributed by atoms with Crippen LogP contribution in [0.5, 0.6) is 0 Å². The van der Waals surface area contributed by atoms with Crippen LogP contribution in [-0.2, 0) is 24.2 Å². The summed E-state index contributed by atoms with van der Waals surface area (Å²) in [7, 11) is -4.28. The standard InChI is InChI=1S/C11H10O6S/c12-9-6-7-11(17-9,10(13)14)18(15,16)8-4-2-1-3-5-8/h1-5H,6-7H2,(H,13,14). The molecule has 0 aliphatic carbocycles. The van der Waals surface area contributed by atoms with Crippen molar-refractivity contribution in [2.24, 2.45) is 0 Å². The number of aliphatic carboxylic acids is 1. The first-order chi connectivity index (χ1) is 8.40. The normalized spacial score (nSPS) is 23.7. The molecule has 0 aromatic heterocycles. The van der Waals surface area contributed by atoms with Crippen molar-refractivity contribution in [2.75, 3.05) is 0 Å². The van der Waals surface area contributed by atoms with Crippen LogP contribution in [0.25, 0.3) is 0 Å². The lowest BCUT2D eigenvalue weighted by Crippen LogP contribution is -2.46. The second kappa shape index (κ2) is 4.09. The van der Waals surface area contributed by atoms with Gasteiger partial charge in [-0.1, -0.05) is 18.2 Å². The van der Waals surface area contributed by atoms with E-state index in [9.17, 15) is 18.0 Å². The largest absolute Gasteiger partial charge is 0.477 e. The Bertz CT molecular complexity index is 591. The number of carbonyl (C=O) groups is 2. The van der Waals surface area contributed by atoms with E-state index in [-0.39, 0.29) is 17.7 Å². The first-order valence-electron chi connectivity index (χ1n) is 5.15. The van der Waals surface area contributed by atoms with Crippen LogP contribution in [0.3, 0.4) is 0 Å². The summed E-state index contributed by atoms with van der Waals surface area (Å²) in [4.78, 5) is 19.7. The van der Waals surface area contributed by atoms with Gasteiger partial charge in [-0.25, -0.2) is 13.2 Å². The van der Waals surface area contributed by atoms with Crippen molar-refractivity contribution in [3.63, 3.8) is 0 Å². The van der Waals surface area contributed by atoms with Crippen molar-refractivity contribution in [1.82, 2.24) is 0 Å². The maximum atomic E-state index is 12.3. The number of benzene rings is 1. The first kappa shape index (κ1) is 12.6. The summed E-state index contributed by atoms with van der Waals surface area (Å²) in [5.74, 6) is -2.49. The number of sulfone groups is 1. The highest BCUT2D eigenvalue weighted by Gasteiger charge is 2.58. The van der Waals surface area contributed by atoms with Crippen molar-refractivity contribution >= 4 is 21.8 Å². The molecule has 1 aliphatic rings. The molecule has 6 nitrogen and oxygen atoms in total. The molecule has 1 aliphatic heterocycles. The van der Waals surface area contributed by atoms with E-state index in [1.165, 1.54) is 24.3 Å². The fourth-order valence-corrected chi connectivity index (χ4v) is 3.50. The second-order valence-corrected chi connectivity index (χ2v) is 5.99. The number of hydrogen-bond acceptors (Lipinski definition) is 5. The van der Waals surface area contributed by atoms with E-state index in [0.717, 1.165) is 0 Å². The van der Waals surface area contributed by atoms with Gasteiger partial charge in [0.25, 0.3) is 0 Å². The summed E-state index contributed by atoms with van der Waals surface area (Å²) >= 11 is 0. The predicted molar refractivity (Wildman–Crippen MR) is 59.3 cm³/mol. The van der Waals surface area contributed by atoms with Gasteiger partial charge in [0.2, 0.25) is 9.84 Å². The smallest absolute Gasteiger partial charge is 0.364 e. The Balaban J connectivity index is 2.58. The molecule has 0 saturated carbocycles. The molecule has 18 heavy (non-hydrogen) atoms. The van der Waals surface area contributed by atoms with E-state index >= 15 is 0 Å². The lowest BCUT2D eigenvalue weighted by molar-refractivity contribution is -0.160. The maximum absolute atomic E-state index is 12.3. The van der Waals surface area contributed by atoms with Crippen LogP contribution < -0.4 is 0 Å². The Labute approximate surface area is 103 Å². The number of carboxylic acids is 1. The molecule has 2 rings (SSSR count). The summed E-state index contributed by atoms with van der Waals surface area (Å²) in [5, 5.41) is 9.12. The van der Waals surface area contributed by atoms with Gasteiger partial charge in [-0.15, -0.1) is 0 Å². The number of rotatable bonds is 3. The molecule has 1 fully saturated rings. The van der Waals surface area contributed by atoms with Crippen molar-refractivity contribution in [3.05, 3.63) is 30.3 Å². The lowest BCUT2D eigenvalue weighted by atomic mass is 10.2. The van der Waals surface area contributed by atoms with E-state index in [0.29, 0.717) is 0 Å².